The van der Waals surface area contributed by atoms with Crippen molar-refractivity contribution < 1.29 is 27.5 Å². The van der Waals surface area contributed by atoms with E-state index in [4.69, 9.17) is 9.47 Å². The van der Waals surface area contributed by atoms with Gasteiger partial charge in [-0.25, -0.2) is 8.42 Å². The van der Waals surface area contributed by atoms with Crippen LogP contribution in [0.1, 0.15) is 58.1 Å². The molecule has 0 radical (unpaired) electrons. The number of hydrogen-bond donors (Lipinski definition) is 0. The van der Waals surface area contributed by atoms with Crippen LogP contribution in [0.15, 0.2) is 58.8 Å². The summed E-state index contributed by atoms with van der Waals surface area (Å²) >= 11 is 1.44. The first-order valence-corrected chi connectivity index (χ1v) is 14.1. The van der Waals surface area contributed by atoms with Crippen LogP contribution in [0.4, 0.5) is 0 Å². The Balaban J connectivity index is 1.73. The summed E-state index contributed by atoms with van der Waals surface area (Å²) in [5.74, 6) is -0.0332. The Bertz CT molecular complexity index is 1360. The molecule has 3 aromatic rings. The number of Topliss-reactive ketones (excluding diaryl/α,β-unsaturated/α-hetero) is 1. The van der Waals surface area contributed by atoms with Gasteiger partial charge < -0.3 is 9.47 Å². The number of nitrogens with zero attached hydrogens (tertiary/aromatic N) is 1. The first-order valence-electron chi connectivity index (χ1n) is 11.7. The van der Waals surface area contributed by atoms with E-state index in [0.29, 0.717) is 24.2 Å². The van der Waals surface area contributed by atoms with Crippen LogP contribution in [0.2, 0.25) is 0 Å². The third-order valence-corrected chi connectivity index (χ3v) is 9.35. The molecule has 1 unspecified atom stereocenters. The Kier molecular flexibility index (Phi) is 7.92. The molecule has 0 N–H and O–H groups in total. The quantitative estimate of drug-likeness (QED) is 0.290. The highest BCUT2D eigenvalue weighted by atomic mass is 32.2. The first-order chi connectivity index (χ1) is 17.3. The van der Waals surface area contributed by atoms with Gasteiger partial charge in [0, 0.05) is 17.0 Å². The Hall–Kier alpha value is -3.01. The smallest absolute Gasteiger partial charge is 0.293 e. The lowest BCUT2D eigenvalue weighted by Gasteiger charge is -2.24. The minimum Gasteiger partial charge on any atom is -0.488 e. The molecule has 36 heavy (non-hydrogen) atoms. The molecule has 0 bridgehead atoms. The van der Waals surface area contributed by atoms with Crippen molar-refractivity contribution in [1.82, 2.24) is 4.31 Å². The third-order valence-electron chi connectivity index (χ3n) is 6.47. The molecule has 2 aromatic carbocycles. The van der Waals surface area contributed by atoms with Gasteiger partial charge in [0.15, 0.2) is 5.78 Å². The van der Waals surface area contributed by atoms with Gasteiger partial charge in [0.2, 0.25) is 10.0 Å². The minimum atomic E-state index is -3.79. The number of carbonyl (C=O) groups is 2. The molecule has 4 rings (SSSR count). The number of hydrogen-bond acceptors (Lipinski definition) is 7. The maximum absolute atomic E-state index is 13.6. The summed E-state index contributed by atoms with van der Waals surface area (Å²) in [6, 6.07) is 14.3. The minimum absolute atomic E-state index is 0.0605. The van der Waals surface area contributed by atoms with Crippen LogP contribution in [0.25, 0.3) is 0 Å². The summed E-state index contributed by atoms with van der Waals surface area (Å²) in [7, 11) is -3.79. The van der Waals surface area contributed by atoms with Crippen LogP contribution in [-0.4, -0.2) is 44.2 Å². The Labute approximate surface area is 215 Å². The molecule has 2 atom stereocenters. The van der Waals surface area contributed by atoms with E-state index in [-0.39, 0.29) is 42.4 Å². The maximum atomic E-state index is 13.6. The van der Waals surface area contributed by atoms with Crippen LogP contribution < -0.4 is 4.74 Å². The van der Waals surface area contributed by atoms with Crippen LogP contribution in [0.5, 0.6) is 5.75 Å². The number of aryl methyl sites for hydroxylation is 1. The summed E-state index contributed by atoms with van der Waals surface area (Å²) in [6.07, 6.45) is 0.390. The lowest BCUT2D eigenvalue weighted by molar-refractivity contribution is -0.128. The fraction of sp³-hybridized carbons (Fsp3) is 0.333. The molecule has 1 aliphatic rings. The highest BCUT2D eigenvalue weighted by Gasteiger charge is 2.34. The molecular weight excluding hydrogens is 498 g/mol. The Morgan fingerprint density at radius 3 is 2.75 bits per heavy atom. The lowest BCUT2D eigenvalue weighted by Crippen LogP contribution is -2.36. The fourth-order valence-corrected chi connectivity index (χ4v) is 7.04. The van der Waals surface area contributed by atoms with Gasteiger partial charge in [0.25, 0.3) is 6.47 Å². The van der Waals surface area contributed by atoms with E-state index in [2.05, 4.69) is 0 Å². The molecule has 7 nitrogen and oxygen atoms in total. The number of ketones is 1. The number of ether oxygens (including phenoxy) is 2. The van der Waals surface area contributed by atoms with Crippen LogP contribution in [-0.2, 0) is 26.1 Å². The maximum Gasteiger partial charge on any atom is 0.293 e. The molecular formula is C27H29NO6S2. The second-order valence-corrected chi connectivity index (χ2v) is 11.7. The van der Waals surface area contributed by atoms with Gasteiger partial charge in [-0.15, -0.1) is 11.3 Å². The van der Waals surface area contributed by atoms with E-state index < -0.39 is 10.0 Å². The number of fused-ring (bicyclic) bond motifs is 1. The molecule has 0 saturated heterocycles. The van der Waals surface area contributed by atoms with E-state index in [0.717, 1.165) is 21.6 Å². The second kappa shape index (κ2) is 10.9. The van der Waals surface area contributed by atoms with E-state index in [1.165, 1.54) is 22.6 Å². The van der Waals surface area contributed by atoms with Crippen molar-refractivity contribution in [3.8, 4) is 5.75 Å². The Morgan fingerprint density at radius 2 is 2.03 bits per heavy atom. The van der Waals surface area contributed by atoms with Crippen molar-refractivity contribution in [3.05, 3.63) is 81.0 Å². The zero-order valence-electron chi connectivity index (χ0n) is 20.5. The number of rotatable bonds is 9. The molecule has 2 heterocycles. The van der Waals surface area contributed by atoms with E-state index in [1.54, 1.807) is 30.3 Å². The fourth-order valence-electron chi connectivity index (χ4n) is 4.41. The largest absolute Gasteiger partial charge is 0.488 e. The predicted octanol–water partition coefficient (Wildman–Crippen LogP) is 4.93. The SMILES string of the molecule is CC[C@@H]1CN(Cc2cc(C(COC=O)c3sccc3C(C)=O)ccc2C)S(=O)(=O)c2ccccc2O1. The normalized spacial score (nSPS) is 17.9. The summed E-state index contributed by atoms with van der Waals surface area (Å²) < 4.78 is 39.9. The van der Waals surface area contributed by atoms with Crippen molar-refractivity contribution in [2.75, 3.05) is 13.2 Å². The van der Waals surface area contributed by atoms with E-state index >= 15 is 0 Å². The van der Waals surface area contributed by atoms with Gasteiger partial charge in [0.05, 0.1) is 12.5 Å². The van der Waals surface area contributed by atoms with Gasteiger partial charge in [-0.1, -0.05) is 37.3 Å². The molecule has 190 valence electrons. The predicted molar refractivity (Wildman–Crippen MR) is 138 cm³/mol. The summed E-state index contributed by atoms with van der Waals surface area (Å²) in [5, 5.41) is 1.85. The zero-order chi connectivity index (χ0) is 25.9. The van der Waals surface area contributed by atoms with Crippen molar-refractivity contribution >= 4 is 33.6 Å². The van der Waals surface area contributed by atoms with Crippen LogP contribution in [0.3, 0.4) is 0 Å². The van der Waals surface area contributed by atoms with Gasteiger partial charge >= 0.3 is 0 Å². The summed E-state index contributed by atoms with van der Waals surface area (Å²) in [6.45, 7) is 6.30. The average Bonchev–Trinajstić information content (AvgIpc) is 3.31. The van der Waals surface area contributed by atoms with Crippen molar-refractivity contribution in [2.24, 2.45) is 0 Å². The van der Waals surface area contributed by atoms with Crippen molar-refractivity contribution in [3.63, 3.8) is 0 Å². The topological polar surface area (TPSA) is 90.0 Å². The number of thiophene rings is 1. The van der Waals surface area contributed by atoms with Gasteiger partial charge in [-0.05, 0) is 60.5 Å². The highest BCUT2D eigenvalue weighted by molar-refractivity contribution is 7.89. The standard InChI is InChI=1S/C27H29NO6S2/c1-4-22-15-28(36(31,32)26-8-6-5-7-25(26)34-22)14-21-13-20(10-9-18(21)2)24(16-33-17-29)27-23(19(3)30)11-12-35-27/h5-13,17,22,24H,4,14-16H2,1-3H3/t22-,24?/m1/s1. The van der Waals surface area contributed by atoms with Crippen LogP contribution in [0, 0.1) is 6.92 Å². The zero-order valence-corrected chi connectivity index (χ0v) is 22.1. The molecule has 0 spiro atoms. The third kappa shape index (κ3) is 5.23. The van der Waals surface area contributed by atoms with Crippen molar-refractivity contribution in [2.45, 2.75) is 50.7 Å². The molecule has 0 aliphatic carbocycles. The monoisotopic (exact) mass is 527 g/mol. The molecule has 0 fully saturated rings. The lowest BCUT2D eigenvalue weighted by atomic mass is 9.92. The number of para-hydroxylation sites is 1. The number of sulfonamides is 1. The summed E-state index contributed by atoms with van der Waals surface area (Å²) in [4.78, 5) is 24.2. The van der Waals surface area contributed by atoms with Gasteiger partial charge in [-0.2, -0.15) is 4.31 Å². The van der Waals surface area contributed by atoms with E-state index in [1.807, 2.05) is 37.4 Å². The molecule has 9 heteroatoms. The molecule has 0 amide bonds. The molecule has 1 aliphatic heterocycles. The summed E-state index contributed by atoms with van der Waals surface area (Å²) in [5.41, 5.74) is 3.21. The van der Waals surface area contributed by atoms with Gasteiger partial charge in [0.1, 0.15) is 23.4 Å². The molecule has 0 saturated carbocycles. The second-order valence-electron chi connectivity index (χ2n) is 8.82. The van der Waals surface area contributed by atoms with Gasteiger partial charge in [-0.3, -0.25) is 9.59 Å². The first kappa shape index (κ1) is 26.1. The highest BCUT2D eigenvalue weighted by Crippen LogP contribution is 2.35. The number of benzene rings is 2. The van der Waals surface area contributed by atoms with E-state index in [9.17, 15) is 18.0 Å². The number of carbonyl (C=O) groups excluding carboxylic acids is 2. The average molecular weight is 528 g/mol. The van der Waals surface area contributed by atoms with Crippen molar-refractivity contribution in [1.29, 1.82) is 0 Å². The van der Waals surface area contributed by atoms with Crippen LogP contribution >= 0.6 is 11.3 Å². The Morgan fingerprint density at radius 1 is 1.25 bits per heavy atom. The molecule has 1 aromatic heterocycles.